The molecule has 40 heavy (non-hydrogen) atoms. The number of rotatable bonds is 7. The molecule has 0 aliphatic heterocycles. The van der Waals surface area contributed by atoms with Gasteiger partial charge < -0.3 is 15.2 Å². The van der Waals surface area contributed by atoms with Crippen molar-refractivity contribution >= 4 is 11.6 Å². The number of aryl methyl sites for hydroxylation is 1. The maximum atomic E-state index is 14.8. The fourth-order valence-electron chi connectivity index (χ4n) is 7.10. The number of fused-ring (bicyclic) bond motifs is 1. The van der Waals surface area contributed by atoms with Crippen LogP contribution in [0.2, 0.25) is 0 Å². The number of aromatic nitrogens is 4. The lowest BCUT2D eigenvalue weighted by atomic mass is 9.58. The van der Waals surface area contributed by atoms with Gasteiger partial charge in [0.05, 0.1) is 5.41 Å². The van der Waals surface area contributed by atoms with E-state index in [1.165, 1.54) is 25.7 Å². The molecule has 2 fully saturated rings. The number of hydrogen-bond donors (Lipinski definition) is 2. The molecule has 0 spiro atoms. The van der Waals surface area contributed by atoms with Crippen LogP contribution in [0.15, 0.2) is 36.7 Å². The van der Waals surface area contributed by atoms with Gasteiger partial charge in [0.1, 0.15) is 23.5 Å². The highest BCUT2D eigenvalue weighted by Gasteiger charge is 2.48. The number of halogens is 2. The summed E-state index contributed by atoms with van der Waals surface area (Å²) in [5.41, 5.74) is 2.54. The molecular weight excluding hydrogens is 510 g/mol. The van der Waals surface area contributed by atoms with Gasteiger partial charge in [0.15, 0.2) is 0 Å². The van der Waals surface area contributed by atoms with Gasteiger partial charge in [-0.25, -0.2) is 4.98 Å². The van der Waals surface area contributed by atoms with Crippen molar-refractivity contribution in [2.75, 3.05) is 5.32 Å². The Bertz CT molecular complexity index is 1390. The Labute approximate surface area is 234 Å². The molecule has 3 aliphatic carbocycles. The second-order valence-electron chi connectivity index (χ2n) is 12.2. The van der Waals surface area contributed by atoms with E-state index < -0.39 is 11.8 Å². The number of nitrogens with one attached hydrogen (secondary N) is 2. The highest BCUT2D eigenvalue weighted by molar-refractivity contribution is 6.03. The number of alkyl halides is 2. The Balaban J connectivity index is 1.25. The normalized spacial score (nSPS) is 24.2. The lowest BCUT2D eigenvalue weighted by Crippen LogP contribution is -2.43. The number of carbonyl (C=O) groups excluding carboxylic acids is 1. The molecule has 0 unspecified atom stereocenters. The van der Waals surface area contributed by atoms with Crippen LogP contribution in [-0.4, -0.2) is 31.7 Å². The summed E-state index contributed by atoms with van der Waals surface area (Å²) in [7, 11) is 1.95. The summed E-state index contributed by atoms with van der Waals surface area (Å²) in [6.07, 6.45) is 10.7. The van der Waals surface area contributed by atoms with Crippen molar-refractivity contribution in [3.05, 3.63) is 70.6 Å². The molecule has 3 aromatic rings. The predicted molar refractivity (Wildman–Crippen MR) is 149 cm³/mol. The van der Waals surface area contributed by atoms with Gasteiger partial charge in [-0.05, 0) is 72.9 Å². The minimum absolute atomic E-state index is 0.0312. The molecule has 2 heterocycles. The van der Waals surface area contributed by atoms with E-state index in [0.717, 1.165) is 42.6 Å². The standard InChI is InChI=1S/C31H38F2N6O/c1-20-16-30(17-20,29-38-35-19-39(29)2)22-8-7-11-24(15-22)36-28(40)26-14-21(18-34-23-9-5-3-4-6-10-23)25-12-13-31(32,33)27(25)37-26/h7-8,11,14-15,19-20,23,34H,3-6,9-10,12-13,16-18H2,1-2H3,(H,36,40). The Morgan fingerprint density at radius 3 is 2.60 bits per heavy atom. The van der Waals surface area contributed by atoms with Crippen LogP contribution in [0.4, 0.5) is 14.5 Å². The van der Waals surface area contributed by atoms with Crippen LogP contribution in [-0.2, 0) is 31.4 Å². The molecule has 0 radical (unpaired) electrons. The third-order valence-corrected chi connectivity index (χ3v) is 9.13. The SMILES string of the molecule is CC1CC(c2cccc(NC(=O)c3cc(CNC4CCCCCC4)c4c(n3)C(F)(F)CC4)c2)(c2nncn2C)C1. The van der Waals surface area contributed by atoms with Crippen molar-refractivity contribution in [2.45, 2.75) is 95.1 Å². The minimum atomic E-state index is -3.02. The number of nitrogens with zero attached hydrogens (tertiary/aromatic N) is 4. The van der Waals surface area contributed by atoms with E-state index in [4.69, 9.17) is 0 Å². The smallest absolute Gasteiger partial charge is 0.290 e. The van der Waals surface area contributed by atoms with E-state index in [1.54, 1.807) is 12.4 Å². The van der Waals surface area contributed by atoms with Crippen LogP contribution in [0.25, 0.3) is 0 Å². The largest absolute Gasteiger partial charge is 0.321 e. The van der Waals surface area contributed by atoms with E-state index in [1.807, 2.05) is 29.8 Å². The first-order valence-electron chi connectivity index (χ1n) is 14.7. The second-order valence-corrected chi connectivity index (χ2v) is 12.2. The monoisotopic (exact) mass is 548 g/mol. The zero-order chi connectivity index (χ0) is 27.9. The number of benzene rings is 1. The van der Waals surface area contributed by atoms with E-state index in [2.05, 4.69) is 38.8 Å². The Hall–Kier alpha value is -3.20. The quantitative estimate of drug-likeness (QED) is 0.352. The van der Waals surface area contributed by atoms with Crippen molar-refractivity contribution in [1.82, 2.24) is 25.1 Å². The maximum absolute atomic E-state index is 14.8. The summed E-state index contributed by atoms with van der Waals surface area (Å²) < 4.78 is 31.6. The molecule has 9 heteroatoms. The van der Waals surface area contributed by atoms with E-state index in [0.29, 0.717) is 29.8 Å². The summed E-state index contributed by atoms with van der Waals surface area (Å²) in [5.74, 6) is -2.04. The lowest BCUT2D eigenvalue weighted by Gasteiger charge is -2.46. The minimum Gasteiger partial charge on any atom is -0.321 e. The van der Waals surface area contributed by atoms with Crippen LogP contribution in [0.1, 0.15) is 103 Å². The molecular formula is C31H38F2N6O. The molecule has 2 aromatic heterocycles. The van der Waals surface area contributed by atoms with Crippen molar-refractivity contribution in [1.29, 1.82) is 0 Å². The van der Waals surface area contributed by atoms with E-state index >= 15 is 0 Å². The van der Waals surface area contributed by atoms with Crippen molar-refractivity contribution in [3.8, 4) is 0 Å². The third kappa shape index (κ3) is 5.04. The zero-order valence-corrected chi connectivity index (χ0v) is 23.4. The molecule has 0 bridgehead atoms. The summed E-state index contributed by atoms with van der Waals surface area (Å²) in [5, 5.41) is 15.0. The number of anilines is 1. The number of hydrogen-bond acceptors (Lipinski definition) is 5. The fraction of sp³-hybridized carbons (Fsp3) is 0.548. The molecule has 0 saturated heterocycles. The first-order chi connectivity index (χ1) is 19.2. The Morgan fingerprint density at radius 1 is 1.12 bits per heavy atom. The zero-order valence-electron chi connectivity index (χ0n) is 23.4. The molecule has 7 nitrogen and oxygen atoms in total. The number of amides is 1. The van der Waals surface area contributed by atoms with Crippen molar-refractivity contribution in [3.63, 3.8) is 0 Å². The number of carbonyl (C=O) groups is 1. The highest BCUT2D eigenvalue weighted by atomic mass is 19.3. The van der Waals surface area contributed by atoms with Crippen LogP contribution in [0.5, 0.6) is 0 Å². The summed E-state index contributed by atoms with van der Waals surface area (Å²) in [6.45, 7) is 2.69. The van der Waals surface area contributed by atoms with Crippen LogP contribution >= 0.6 is 0 Å². The first-order valence-corrected chi connectivity index (χ1v) is 14.7. The maximum Gasteiger partial charge on any atom is 0.290 e. The first kappa shape index (κ1) is 27.0. The molecule has 2 saturated carbocycles. The fourth-order valence-corrected chi connectivity index (χ4v) is 7.10. The molecule has 1 aromatic carbocycles. The van der Waals surface area contributed by atoms with Gasteiger partial charge in [-0.15, -0.1) is 10.2 Å². The lowest BCUT2D eigenvalue weighted by molar-refractivity contribution is -0.00602. The van der Waals surface area contributed by atoms with Crippen LogP contribution in [0.3, 0.4) is 0 Å². The molecule has 6 rings (SSSR count). The summed E-state index contributed by atoms with van der Waals surface area (Å²) in [4.78, 5) is 17.7. The molecule has 2 N–H and O–H groups in total. The third-order valence-electron chi connectivity index (χ3n) is 9.13. The summed E-state index contributed by atoms with van der Waals surface area (Å²) >= 11 is 0. The van der Waals surface area contributed by atoms with Crippen molar-refractivity contribution in [2.24, 2.45) is 13.0 Å². The summed E-state index contributed by atoms with van der Waals surface area (Å²) in [6, 6.07) is 9.85. The van der Waals surface area contributed by atoms with Gasteiger partial charge in [0.25, 0.3) is 11.8 Å². The topological polar surface area (TPSA) is 84.7 Å². The molecule has 212 valence electrons. The Kier molecular flexibility index (Phi) is 7.19. The van der Waals surface area contributed by atoms with Gasteiger partial charge in [-0.3, -0.25) is 4.79 Å². The van der Waals surface area contributed by atoms with Gasteiger partial charge in [0, 0.05) is 31.7 Å². The van der Waals surface area contributed by atoms with E-state index in [9.17, 15) is 13.6 Å². The predicted octanol–water partition coefficient (Wildman–Crippen LogP) is 6.03. The van der Waals surface area contributed by atoms with Gasteiger partial charge in [-0.2, -0.15) is 8.78 Å². The average molecular weight is 549 g/mol. The van der Waals surface area contributed by atoms with Gasteiger partial charge in [0.2, 0.25) is 0 Å². The molecule has 1 amide bonds. The van der Waals surface area contributed by atoms with Crippen LogP contribution in [0, 0.1) is 5.92 Å². The molecule has 3 aliphatic rings. The average Bonchev–Trinajstić information content (AvgIpc) is 3.36. The Morgan fingerprint density at radius 2 is 1.90 bits per heavy atom. The highest BCUT2D eigenvalue weighted by Crippen LogP contribution is 2.51. The number of pyridine rings is 1. The van der Waals surface area contributed by atoms with Crippen molar-refractivity contribution < 1.29 is 13.6 Å². The van der Waals surface area contributed by atoms with Gasteiger partial charge in [-0.1, -0.05) is 44.7 Å². The van der Waals surface area contributed by atoms with Gasteiger partial charge >= 0.3 is 0 Å². The van der Waals surface area contributed by atoms with E-state index in [-0.39, 0.29) is 29.6 Å². The molecule has 0 atom stereocenters. The second kappa shape index (κ2) is 10.7. The van der Waals surface area contributed by atoms with Crippen LogP contribution < -0.4 is 10.6 Å².